The van der Waals surface area contributed by atoms with Gasteiger partial charge in [-0.25, -0.2) is 9.18 Å². The van der Waals surface area contributed by atoms with E-state index in [1.807, 2.05) is 0 Å². The number of carbonyl (C=O) groups excluding carboxylic acids is 1. The third-order valence-corrected chi connectivity index (χ3v) is 2.80. The molecule has 1 aliphatic rings. The van der Waals surface area contributed by atoms with E-state index in [4.69, 9.17) is 9.84 Å². The number of nitrogens with one attached hydrogen (secondary N) is 2. The van der Waals surface area contributed by atoms with Crippen molar-refractivity contribution >= 4 is 17.6 Å². The molecule has 1 amide bonds. The quantitative estimate of drug-likeness (QED) is 0.764. The smallest absolute Gasteiger partial charge is 0.339 e. The van der Waals surface area contributed by atoms with E-state index in [1.165, 1.54) is 19.2 Å². The lowest BCUT2D eigenvalue weighted by molar-refractivity contribution is -0.146. The van der Waals surface area contributed by atoms with E-state index in [2.05, 4.69) is 10.6 Å². The largest absolute Gasteiger partial charge is 0.479 e. The molecule has 7 heteroatoms. The highest BCUT2D eigenvalue weighted by Crippen LogP contribution is 2.21. The molecule has 1 aromatic rings. The summed E-state index contributed by atoms with van der Waals surface area (Å²) in [6.07, 6.45) is 0.486. The zero-order chi connectivity index (χ0) is 14.7. The topological polar surface area (TPSA) is 87.7 Å². The van der Waals surface area contributed by atoms with Gasteiger partial charge in [0.1, 0.15) is 5.82 Å². The molecule has 1 heterocycles. The Morgan fingerprint density at radius 1 is 1.45 bits per heavy atom. The van der Waals surface area contributed by atoms with Crippen LogP contribution in [0, 0.1) is 5.82 Å². The van der Waals surface area contributed by atoms with Gasteiger partial charge < -0.3 is 20.5 Å². The maximum Gasteiger partial charge on any atom is 0.339 e. The number of hydrogen-bond donors (Lipinski definition) is 3. The number of aliphatic carboxylic acids is 1. The van der Waals surface area contributed by atoms with Gasteiger partial charge in [0, 0.05) is 12.7 Å². The van der Waals surface area contributed by atoms with Gasteiger partial charge in [0.05, 0.1) is 17.9 Å². The second-order valence-corrected chi connectivity index (χ2v) is 4.11. The van der Waals surface area contributed by atoms with Gasteiger partial charge in [-0.1, -0.05) is 0 Å². The maximum absolute atomic E-state index is 13.7. The van der Waals surface area contributed by atoms with Crippen LogP contribution < -0.4 is 10.6 Å². The summed E-state index contributed by atoms with van der Waals surface area (Å²) in [5.74, 6) is -2.34. The third kappa shape index (κ3) is 2.77. The Balaban J connectivity index is 2.17. The molecule has 0 spiro atoms. The number of benzene rings is 1. The summed E-state index contributed by atoms with van der Waals surface area (Å²) in [6.45, 7) is 0.179. The van der Waals surface area contributed by atoms with Crippen molar-refractivity contribution in [2.45, 2.75) is 6.10 Å². The van der Waals surface area contributed by atoms with Gasteiger partial charge in [-0.15, -0.1) is 0 Å². The Morgan fingerprint density at radius 2 is 2.20 bits per heavy atom. The standard InChI is InChI=1S/C13H13FN2O4/c1-15-12(17)8-3-2-7(6-9(8)14)16-10-4-5-20-11(10)13(18)19/h2-4,6,11,16H,5H2,1H3,(H,15,17)(H,18,19)/t11-/m1/s1. The van der Waals surface area contributed by atoms with Gasteiger partial charge in [0.25, 0.3) is 5.91 Å². The lowest BCUT2D eigenvalue weighted by Gasteiger charge is -2.13. The van der Waals surface area contributed by atoms with Crippen molar-refractivity contribution in [3.8, 4) is 0 Å². The van der Waals surface area contributed by atoms with Crippen molar-refractivity contribution in [1.82, 2.24) is 5.32 Å². The predicted molar refractivity (Wildman–Crippen MR) is 68.9 cm³/mol. The van der Waals surface area contributed by atoms with Crippen LogP contribution in [0.2, 0.25) is 0 Å². The van der Waals surface area contributed by atoms with Gasteiger partial charge in [-0.3, -0.25) is 4.79 Å². The highest BCUT2D eigenvalue weighted by Gasteiger charge is 2.27. The average molecular weight is 280 g/mol. The first kappa shape index (κ1) is 14.0. The predicted octanol–water partition coefficient (Wildman–Crippen LogP) is 0.964. The number of anilines is 1. The van der Waals surface area contributed by atoms with Gasteiger partial charge in [-0.05, 0) is 24.3 Å². The van der Waals surface area contributed by atoms with Gasteiger partial charge in [0.2, 0.25) is 0 Å². The zero-order valence-corrected chi connectivity index (χ0v) is 10.6. The normalized spacial score (nSPS) is 17.5. The van der Waals surface area contributed by atoms with Crippen LogP contribution in [-0.2, 0) is 9.53 Å². The first-order valence-corrected chi connectivity index (χ1v) is 5.86. The number of ether oxygens (including phenoxy) is 1. The van der Waals surface area contributed by atoms with Crippen LogP contribution in [0.1, 0.15) is 10.4 Å². The van der Waals surface area contributed by atoms with Crippen molar-refractivity contribution in [1.29, 1.82) is 0 Å². The highest BCUT2D eigenvalue weighted by molar-refractivity contribution is 5.94. The summed E-state index contributed by atoms with van der Waals surface area (Å²) in [4.78, 5) is 22.3. The number of hydrogen-bond acceptors (Lipinski definition) is 4. The molecule has 0 radical (unpaired) electrons. The SMILES string of the molecule is CNC(=O)c1ccc(NC2=CCO[C@H]2C(=O)O)cc1F. The molecule has 0 aliphatic carbocycles. The van der Waals surface area contributed by atoms with E-state index < -0.39 is 23.8 Å². The number of halogens is 1. The maximum atomic E-state index is 13.7. The summed E-state index contributed by atoms with van der Waals surface area (Å²) in [5.41, 5.74) is 0.604. The second-order valence-electron chi connectivity index (χ2n) is 4.11. The monoisotopic (exact) mass is 280 g/mol. The van der Waals surface area contributed by atoms with Crippen molar-refractivity contribution in [3.05, 3.63) is 41.4 Å². The van der Waals surface area contributed by atoms with E-state index in [0.717, 1.165) is 6.07 Å². The molecular formula is C13H13FN2O4. The minimum Gasteiger partial charge on any atom is -0.479 e. The van der Waals surface area contributed by atoms with Crippen molar-refractivity contribution in [2.24, 2.45) is 0 Å². The summed E-state index contributed by atoms with van der Waals surface area (Å²) in [7, 11) is 1.41. The number of rotatable bonds is 4. The zero-order valence-electron chi connectivity index (χ0n) is 10.6. The molecule has 6 nitrogen and oxygen atoms in total. The lowest BCUT2D eigenvalue weighted by atomic mass is 10.1. The second kappa shape index (κ2) is 5.70. The molecule has 2 rings (SSSR count). The fraction of sp³-hybridized carbons (Fsp3) is 0.231. The summed E-state index contributed by atoms with van der Waals surface area (Å²) in [6, 6.07) is 3.94. The number of carboxylic acids is 1. The molecule has 0 fully saturated rings. The van der Waals surface area contributed by atoms with Crippen LogP contribution >= 0.6 is 0 Å². The van der Waals surface area contributed by atoms with E-state index in [0.29, 0.717) is 11.4 Å². The van der Waals surface area contributed by atoms with E-state index in [-0.39, 0.29) is 12.2 Å². The van der Waals surface area contributed by atoms with Crippen LogP contribution in [0.15, 0.2) is 30.0 Å². The Morgan fingerprint density at radius 3 is 2.80 bits per heavy atom. The number of carboxylic acid groups (broad SMARTS) is 1. The Labute approximate surface area is 114 Å². The lowest BCUT2D eigenvalue weighted by Crippen LogP contribution is -2.25. The van der Waals surface area contributed by atoms with Crippen molar-refractivity contribution in [2.75, 3.05) is 19.0 Å². The minimum absolute atomic E-state index is 0.0792. The average Bonchev–Trinajstić information content (AvgIpc) is 2.86. The number of amides is 1. The minimum atomic E-state index is -1.12. The molecular weight excluding hydrogens is 267 g/mol. The molecule has 1 aromatic carbocycles. The highest BCUT2D eigenvalue weighted by atomic mass is 19.1. The molecule has 3 N–H and O–H groups in total. The van der Waals surface area contributed by atoms with E-state index >= 15 is 0 Å². The van der Waals surface area contributed by atoms with Crippen LogP contribution in [0.25, 0.3) is 0 Å². The molecule has 1 aliphatic heterocycles. The molecule has 0 bridgehead atoms. The Hall–Kier alpha value is -2.41. The van der Waals surface area contributed by atoms with Crippen LogP contribution in [0.3, 0.4) is 0 Å². The van der Waals surface area contributed by atoms with Crippen molar-refractivity contribution in [3.63, 3.8) is 0 Å². The summed E-state index contributed by atoms with van der Waals surface area (Å²) < 4.78 is 18.7. The Kier molecular flexibility index (Phi) is 3.99. The van der Waals surface area contributed by atoms with Crippen LogP contribution in [0.5, 0.6) is 0 Å². The Bertz CT molecular complexity index is 586. The summed E-state index contributed by atoms with van der Waals surface area (Å²) >= 11 is 0. The van der Waals surface area contributed by atoms with E-state index in [9.17, 15) is 14.0 Å². The van der Waals surface area contributed by atoms with E-state index in [1.54, 1.807) is 6.08 Å². The first-order chi connectivity index (χ1) is 9.52. The number of carbonyl (C=O) groups is 2. The molecule has 0 aromatic heterocycles. The van der Waals surface area contributed by atoms with Gasteiger partial charge in [0.15, 0.2) is 6.10 Å². The van der Waals surface area contributed by atoms with Crippen LogP contribution in [-0.4, -0.2) is 36.7 Å². The molecule has 106 valence electrons. The van der Waals surface area contributed by atoms with Crippen molar-refractivity contribution < 1.29 is 23.8 Å². The fourth-order valence-corrected chi connectivity index (χ4v) is 1.83. The molecule has 0 saturated carbocycles. The van der Waals surface area contributed by atoms with Crippen LogP contribution in [0.4, 0.5) is 10.1 Å². The molecule has 20 heavy (non-hydrogen) atoms. The van der Waals surface area contributed by atoms with Gasteiger partial charge >= 0.3 is 5.97 Å². The fourth-order valence-electron chi connectivity index (χ4n) is 1.83. The third-order valence-electron chi connectivity index (χ3n) is 2.80. The molecule has 1 atom stereocenters. The van der Waals surface area contributed by atoms with Gasteiger partial charge in [-0.2, -0.15) is 0 Å². The summed E-state index contributed by atoms with van der Waals surface area (Å²) in [5, 5.41) is 14.0. The molecule has 0 unspecified atom stereocenters. The first-order valence-electron chi connectivity index (χ1n) is 5.86. The molecule has 0 saturated heterocycles.